The minimum atomic E-state index is -0.168. The minimum Gasteiger partial charge on any atom is -0.379 e. The standard InChI is InChI=1S/C14H31N3O2/c1-6-13(7-2)16-14(18)12(3)15-8-10-19-11-9-17(4)5/h12-13,15H,6-11H2,1-5H3,(H,16,18). The predicted molar refractivity (Wildman–Crippen MR) is 79.4 cm³/mol. The van der Waals surface area contributed by atoms with Crippen LogP contribution in [-0.4, -0.2) is 63.3 Å². The molecule has 0 bridgehead atoms. The maximum atomic E-state index is 11.9. The van der Waals surface area contributed by atoms with Gasteiger partial charge in [0.15, 0.2) is 0 Å². The molecule has 5 nitrogen and oxygen atoms in total. The zero-order valence-electron chi connectivity index (χ0n) is 13.2. The Morgan fingerprint density at radius 3 is 2.37 bits per heavy atom. The molecule has 114 valence electrons. The van der Waals surface area contributed by atoms with Gasteiger partial charge in [-0.05, 0) is 33.9 Å². The lowest BCUT2D eigenvalue weighted by Crippen LogP contribution is -2.46. The van der Waals surface area contributed by atoms with Crippen molar-refractivity contribution >= 4 is 5.91 Å². The summed E-state index contributed by atoms with van der Waals surface area (Å²) in [5, 5.41) is 6.21. The molecule has 0 aliphatic rings. The van der Waals surface area contributed by atoms with Gasteiger partial charge in [0.2, 0.25) is 5.91 Å². The molecule has 5 heteroatoms. The second-order valence-corrected chi connectivity index (χ2v) is 5.11. The Morgan fingerprint density at radius 2 is 1.84 bits per heavy atom. The highest BCUT2D eigenvalue weighted by atomic mass is 16.5. The van der Waals surface area contributed by atoms with Crippen molar-refractivity contribution in [3.63, 3.8) is 0 Å². The molecule has 0 rings (SSSR count). The first-order chi connectivity index (χ1) is 9.01. The fraction of sp³-hybridized carbons (Fsp3) is 0.929. The van der Waals surface area contributed by atoms with Crippen molar-refractivity contribution in [3.8, 4) is 0 Å². The molecule has 0 aromatic heterocycles. The summed E-state index contributed by atoms with van der Waals surface area (Å²) in [6.07, 6.45) is 1.95. The first kappa shape index (κ1) is 18.4. The molecule has 0 aromatic carbocycles. The van der Waals surface area contributed by atoms with E-state index in [0.29, 0.717) is 13.2 Å². The maximum absolute atomic E-state index is 11.9. The zero-order chi connectivity index (χ0) is 14.7. The molecule has 0 heterocycles. The number of hydrogen-bond donors (Lipinski definition) is 2. The van der Waals surface area contributed by atoms with E-state index >= 15 is 0 Å². The van der Waals surface area contributed by atoms with Crippen molar-refractivity contribution in [2.75, 3.05) is 40.4 Å². The van der Waals surface area contributed by atoms with Crippen molar-refractivity contribution in [1.82, 2.24) is 15.5 Å². The number of rotatable bonds is 11. The summed E-state index contributed by atoms with van der Waals surface area (Å²) < 4.78 is 5.46. The van der Waals surface area contributed by atoms with Gasteiger partial charge in [0.25, 0.3) is 0 Å². The van der Waals surface area contributed by atoms with E-state index in [4.69, 9.17) is 4.74 Å². The topological polar surface area (TPSA) is 53.6 Å². The van der Waals surface area contributed by atoms with Gasteiger partial charge in [-0.3, -0.25) is 4.79 Å². The lowest BCUT2D eigenvalue weighted by molar-refractivity contribution is -0.123. The Kier molecular flexibility index (Phi) is 10.8. The van der Waals surface area contributed by atoms with Gasteiger partial charge in [0.05, 0.1) is 19.3 Å². The molecule has 0 aliphatic heterocycles. The van der Waals surface area contributed by atoms with Gasteiger partial charge in [-0.15, -0.1) is 0 Å². The maximum Gasteiger partial charge on any atom is 0.237 e. The van der Waals surface area contributed by atoms with E-state index in [1.807, 2.05) is 21.0 Å². The number of nitrogens with zero attached hydrogens (tertiary/aromatic N) is 1. The SMILES string of the molecule is CCC(CC)NC(=O)C(C)NCCOCCN(C)C. The number of hydrogen-bond acceptors (Lipinski definition) is 4. The molecule has 19 heavy (non-hydrogen) atoms. The summed E-state index contributed by atoms with van der Waals surface area (Å²) >= 11 is 0. The Hall–Kier alpha value is -0.650. The summed E-state index contributed by atoms with van der Waals surface area (Å²) in [4.78, 5) is 13.9. The van der Waals surface area contributed by atoms with Gasteiger partial charge in [-0.1, -0.05) is 13.8 Å². The third-order valence-electron chi connectivity index (χ3n) is 3.11. The van der Waals surface area contributed by atoms with Crippen LogP contribution in [0, 0.1) is 0 Å². The molecule has 1 amide bonds. The number of ether oxygens (including phenoxy) is 1. The van der Waals surface area contributed by atoms with E-state index in [0.717, 1.165) is 26.0 Å². The summed E-state index contributed by atoms with van der Waals surface area (Å²) in [7, 11) is 4.04. The second kappa shape index (κ2) is 11.2. The molecule has 2 N–H and O–H groups in total. The molecular formula is C14H31N3O2. The Morgan fingerprint density at radius 1 is 1.21 bits per heavy atom. The highest BCUT2D eigenvalue weighted by molar-refractivity contribution is 5.81. The summed E-state index contributed by atoms with van der Waals surface area (Å²) in [6.45, 7) is 9.04. The minimum absolute atomic E-state index is 0.0713. The van der Waals surface area contributed by atoms with Crippen LogP contribution >= 0.6 is 0 Å². The van der Waals surface area contributed by atoms with Crippen LogP contribution in [0.15, 0.2) is 0 Å². The van der Waals surface area contributed by atoms with Crippen molar-refractivity contribution in [3.05, 3.63) is 0 Å². The van der Waals surface area contributed by atoms with E-state index in [1.165, 1.54) is 0 Å². The Bertz CT molecular complexity index is 231. The van der Waals surface area contributed by atoms with Crippen molar-refractivity contribution < 1.29 is 9.53 Å². The third kappa shape index (κ3) is 9.87. The van der Waals surface area contributed by atoms with Crippen molar-refractivity contribution in [2.45, 2.75) is 45.7 Å². The summed E-state index contributed by atoms with van der Waals surface area (Å²) in [6, 6.07) is 0.117. The van der Waals surface area contributed by atoms with Gasteiger partial charge in [0.1, 0.15) is 0 Å². The second-order valence-electron chi connectivity index (χ2n) is 5.11. The molecule has 0 aliphatic carbocycles. The number of nitrogens with one attached hydrogen (secondary N) is 2. The lowest BCUT2D eigenvalue weighted by Gasteiger charge is -2.19. The summed E-state index contributed by atoms with van der Waals surface area (Å²) in [5.41, 5.74) is 0. The lowest BCUT2D eigenvalue weighted by atomic mass is 10.1. The molecule has 0 saturated carbocycles. The van der Waals surface area contributed by atoms with E-state index < -0.39 is 0 Å². The van der Waals surface area contributed by atoms with Gasteiger partial charge >= 0.3 is 0 Å². The molecule has 0 aromatic rings. The third-order valence-corrected chi connectivity index (χ3v) is 3.11. The molecule has 0 spiro atoms. The van der Waals surface area contributed by atoms with Crippen LogP contribution in [0.3, 0.4) is 0 Å². The highest BCUT2D eigenvalue weighted by Gasteiger charge is 2.14. The van der Waals surface area contributed by atoms with Crippen LogP contribution in [0.4, 0.5) is 0 Å². The smallest absolute Gasteiger partial charge is 0.237 e. The monoisotopic (exact) mass is 273 g/mol. The fourth-order valence-electron chi connectivity index (χ4n) is 1.61. The fourth-order valence-corrected chi connectivity index (χ4v) is 1.61. The van der Waals surface area contributed by atoms with Gasteiger partial charge in [-0.2, -0.15) is 0 Å². The molecule has 0 fully saturated rings. The molecular weight excluding hydrogens is 242 g/mol. The van der Waals surface area contributed by atoms with E-state index in [1.54, 1.807) is 0 Å². The van der Waals surface area contributed by atoms with Gasteiger partial charge in [-0.25, -0.2) is 0 Å². The average molecular weight is 273 g/mol. The quantitative estimate of drug-likeness (QED) is 0.548. The van der Waals surface area contributed by atoms with Crippen molar-refractivity contribution in [2.24, 2.45) is 0 Å². The normalized spacial score (nSPS) is 13.0. The van der Waals surface area contributed by atoms with Crippen LogP contribution in [0.1, 0.15) is 33.6 Å². The van der Waals surface area contributed by atoms with Gasteiger partial charge < -0.3 is 20.3 Å². The number of amides is 1. The van der Waals surface area contributed by atoms with Gasteiger partial charge in [0, 0.05) is 19.1 Å². The molecule has 1 atom stereocenters. The van der Waals surface area contributed by atoms with Crippen LogP contribution in [0.25, 0.3) is 0 Å². The average Bonchev–Trinajstić information content (AvgIpc) is 2.38. The van der Waals surface area contributed by atoms with Crippen LogP contribution in [-0.2, 0) is 9.53 Å². The summed E-state index contributed by atoms with van der Waals surface area (Å²) in [5.74, 6) is 0.0713. The number of carbonyl (C=O) groups excluding carboxylic acids is 1. The molecule has 0 saturated heterocycles. The Labute approximate surface area is 118 Å². The van der Waals surface area contributed by atoms with Crippen LogP contribution in [0.5, 0.6) is 0 Å². The first-order valence-electron chi connectivity index (χ1n) is 7.27. The largest absolute Gasteiger partial charge is 0.379 e. The number of likely N-dealkylation sites (N-methyl/N-ethyl adjacent to an activating group) is 1. The van der Waals surface area contributed by atoms with E-state index in [-0.39, 0.29) is 18.0 Å². The van der Waals surface area contributed by atoms with E-state index in [2.05, 4.69) is 29.4 Å². The molecule has 1 unspecified atom stereocenters. The van der Waals surface area contributed by atoms with Crippen LogP contribution in [0.2, 0.25) is 0 Å². The van der Waals surface area contributed by atoms with Crippen molar-refractivity contribution in [1.29, 1.82) is 0 Å². The zero-order valence-corrected chi connectivity index (χ0v) is 13.2. The van der Waals surface area contributed by atoms with E-state index in [9.17, 15) is 4.79 Å². The number of carbonyl (C=O) groups is 1. The molecule has 0 radical (unpaired) electrons. The first-order valence-corrected chi connectivity index (χ1v) is 7.27. The predicted octanol–water partition coefficient (Wildman–Crippen LogP) is 0.848. The highest BCUT2D eigenvalue weighted by Crippen LogP contribution is 1.96. The van der Waals surface area contributed by atoms with Crippen LogP contribution < -0.4 is 10.6 Å². The Balaban J connectivity index is 3.62.